The van der Waals surface area contributed by atoms with E-state index in [9.17, 15) is 14.4 Å². The number of nitrogens with one attached hydrogen (secondary N) is 1. The van der Waals surface area contributed by atoms with Gasteiger partial charge < -0.3 is 20.5 Å². The van der Waals surface area contributed by atoms with Gasteiger partial charge in [-0.25, -0.2) is 4.79 Å². The van der Waals surface area contributed by atoms with Gasteiger partial charge in [0.2, 0.25) is 0 Å². The van der Waals surface area contributed by atoms with Crippen molar-refractivity contribution in [3.63, 3.8) is 0 Å². The minimum atomic E-state index is -0.707. The predicted octanol–water partition coefficient (Wildman–Crippen LogP) is 3.24. The van der Waals surface area contributed by atoms with E-state index in [1.807, 2.05) is 32.9 Å². The summed E-state index contributed by atoms with van der Waals surface area (Å²) in [5, 5.41) is 2.83. The van der Waals surface area contributed by atoms with Crippen LogP contribution in [0.5, 0.6) is 0 Å². The smallest absolute Gasteiger partial charge is 0.407 e. The van der Waals surface area contributed by atoms with E-state index in [0.717, 1.165) is 31.2 Å². The number of esters is 1. The van der Waals surface area contributed by atoms with Crippen molar-refractivity contribution in [1.82, 2.24) is 5.32 Å². The van der Waals surface area contributed by atoms with Crippen LogP contribution in [-0.4, -0.2) is 43.1 Å². The lowest BCUT2D eigenvalue weighted by atomic mass is 9.78. The Morgan fingerprint density at radius 3 is 2.23 bits per heavy atom. The highest BCUT2D eigenvalue weighted by atomic mass is 16.6. The monoisotopic (exact) mass is 418 g/mol. The molecule has 1 saturated carbocycles. The van der Waals surface area contributed by atoms with Gasteiger partial charge in [0.1, 0.15) is 11.6 Å². The topological polar surface area (TPSA) is 108 Å². The first kappa shape index (κ1) is 23.9. The Bertz CT molecular complexity index is 731. The molecule has 1 aromatic carbocycles. The molecule has 0 aliphatic heterocycles. The van der Waals surface area contributed by atoms with Gasteiger partial charge in [-0.1, -0.05) is 24.3 Å². The summed E-state index contributed by atoms with van der Waals surface area (Å²) >= 11 is 0. The SMILES string of the molecule is COC(=O)C(N)Cc1ccc(C(=O)[C@H]2CC[C@H](CNC(=O)OC(C)(C)C)CC2)cc1. The van der Waals surface area contributed by atoms with Gasteiger partial charge >= 0.3 is 12.1 Å². The third-order valence-corrected chi connectivity index (χ3v) is 5.35. The lowest BCUT2D eigenvalue weighted by Gasteiger charge is -2.28. The number of carbonyl (C=O) groups excluding carboxylic acids is 3. The summed E-state index contributed by atoms with van der Waals surface area (Å²) < 4.78 is 9.90. The highest BCUT2D eigenvalue weighted by Gasteiger charge is 2.27. The molecule has 30 heavy (non-hydrogen) atoms. The molecule has 0 radical (unpaired) electrons. The number of hydrogen-bond donors (Lipinski definition) is 2. The third-order valence-electron chi connectivity index (χ3n) is 5.35. The van der Waals surface area contributed by atoms with Crippen molar-refractivity contribution < 1.29 is 23.9 Å². The molecular weight excluding hydrogens is 384 g/mol. The summed E-state index contributed by atoms with van der Waals surface area (Å²) in [6.07, 6.45) is 3.41. The van der Waals surface area contributed by atoms with Gasteiger partial charge in [0.15, 0.2) is 5.78 Å². The number of methoxy groups -OCH3 is 1. The van der Waals surface area contributed by atoms with Crippen molar-refractivity contribution in [3.05, 3.63) is 35.4 Å². The summed E-state index contributed by atoms with van der Waals surface area (Å²) in [5.41, 5.74) is 6.85. The first-order valence-corrected chi connectivity index (χ1v) is 10.5. The Morgan fingerprint density at radius 1 is 1.10 bits per heavy atom. The molecular formula is C23H34N2O5. The van der Waals surface area contributed by atoms with Gasteiger partial charge in [-0.05, 0) is 64.4 Å². The van der Waals surface area contributed by atoms with Crippen LogP contribution in [-0.2, 0) is 20.7 Å². The van der Waals surface area contributed by atoms with Crippen LogP contribution in [0.1, 0.15) is 62.4 Å². The number of carbonyl (C=O) groups is 3. The quantitative estimate of drug-likeness (QED) is 0.520. The average molecular weight is 419 g/mol. The summed E-state index contributed by atoms with van der Waals surface area (Å²) in [6, 6.07) is 6.58. The van der Waals surface area contributed by atoms with Crippen LogP contribution >= 0.6 is 0 Å². The number of Topliss-reactive ketones (excluding diaryl/α,β-unsaturated/α-hetero) is 1. The maximum Gasteiger partial charge on any atom is 0.407 e. The van der Waals surface area contributed by atoms with Crippen molar-refractivity contribution in [2.75, 3.05) is 13.7 Å². The third kappa shape index (κ3) is 7.44. The normalized spacial score (nSPS) is 20.2. The second-order valence-electron chi connectivity index (χ2n) is 9.00. The number of alkyl carbamates (subject to hydrolysis) is 1. The van der Waals surface area contributed by atoms with Crippen LogP contribution < -0.4 is 11.1 Å². The largest absolute Gasteiger partial charge is 0.468 e. The molecule has 7 nitrogen and oxygen atoms in total. The fraction of sp³-hybridized carbons (Fsp3) is 0.609. The fourth-order valence-corrected chi connectivity index (χ4v) is 3.70. The first-order valence-electron chi connectivity index (χ1n) is 10.5. The number of ether oxygens (including phenoxy) is 2. The molecule has 1 aromatic rings. The van der Waals surface area contributed by atoms with Gasteiger partial charge in [0, 0.05) is 18.0 Å². The Morgan fingerprint density at radius 2 is 1.70 bits per heavy atom. The Labute approximate surface area is 178 Å². The molecule has 3 N–H and O–H groups in total. The summed E-state index contributed by atoms with van der Waals surface area (Å²) in [7, 11) is 1.31. The number of hydrogen-bond acceptors (Lipinski definition) is 6. The van der Waals surface area contributed by atoms with Crippen molar-refractivity contribution in [3.8, 4) is 0 Å². The van der Waals surface area contributed by atoms with Crippen LogP contribution in [0.25, 0.3) is 0 Å². The highest BCUT2D eigenvalue weighted by molar-refractivity contribution is 5.97. The summed E-state index contributed by atoms with van der Waals surface area (Å²) in [6.45, 7) is 6.08. The first-order chi connectivity index (χ1) is 14.1. The van der Waals surface area contributed by atoms with E-state index in [4.69, 9.17) is 10.5 Å². The number of rotatable bonds is 7. The molecule has 2 rings (SSSR count). The second kappa shape index (κ2) is 10.6. The zero-order chi connectivity index (χ0) is 22.3. The zero-order valence-electron chi connectivity index (χ0n) is 18.4. The highest BCUT2D eigenvalue weighted by Crippen LogP contribution is 2.31. The van der Waals surface area contributed by atoms with Crippen LogP contribution in [0.3, 0.4) is 0 Å². The van der Waals surface area contributed by atoms with E-state index in [-0.39, 0.29) is 11.7 Å². The van der Waals surface area contributed by atoms with Crippen molar-refractivity contribution >= 4 is 17.8 Å². The van der Waals surface area contributed by atoms with E-state index in [2.05, 4.69) is 10.1 Å². The van der Waals surface area contributed by atoms with Crippen LogP contribution in [0, 0.1) is 11.8 Å². The Kier molecular flexibility index (Phi) is 8.41. The van der Waals surface area contributed by atoms with Gasteiger partial charge in [-0.2, -0.15) is 0 Å². The minimum absolute atomic E-state index is 0.00551. The Balaban J connectivity index is 1.79. The maximum absolute atomic E-state index is 12.8. The summed E-state index contributed by atoms with van der Waals surface area (Å²) in [4.78, 5) is 36.1. The van der Waals surface area contributed by atoms with Crippen LogP contribution in [0.2, 0.25) is 0 Å². The number of benzene rings is 1. The molecule has 1 aliphatic rings. The van der Waals surface area contributed by atoms with Crippen molar-refractivity contribution in [1.29, 1.82) is 0 Å². The second-order valence-corrected chi connectivity index (χ2v) is 9.00. The molecule has 0 saturated heterocycles. The lowest BCUT2D eigenvalue weighted by molar-refractivity contribution is -0.142. The fourth-order valence-electron chi connectivity index (χ4n) is 3.70. The standard InChI is InChI=1S/C23H34N2O5/c1-23(2,3)30-22(28)25-14-16-7-11-18(12-8-16)20(26)17-9-5-15(6-10-17)13-19(24)21(27)29-4/h5-6,9-10,16,18-19H,7-8,11-14,24H2,1-4H3,(H,25,28)/t16-,18-,19?. The number of nitrogens with two attached hydrogens (primary N) is 1. The van der Waals surface area contributed by atoms with Crippen LogP contribution in [0.15, 0.2) is 24.3 Å². The van der Waals surface area contributed by atoms with Gasteiger partial charge in [0.05, 0.1) is 7.11 Å². The predicted molar refractivity (Wildman–Crippen MR) is 114 cm³/mol. The molecule has 166 valence electrons. The van der Waals surface area contributed by atoms with Gasteiger partial charge in [0.25, 0.3) is 0 Å². The van der Waals surface area contributed by atoms with Gasteiger partial charge in [-0.3, -0.25) is 9.59 Å². The zero-order valence-corrected chi connectivity index (χ0v) is 18.4. The molecule has 1 atom stereocenters. The van der Waals surface area contributed by atoms with E-state index >= 15 is 0 Å². The van der Waals surface area contributed by atoms with Crippen molar-refractivity contribution in [2.45, 2.75) is 64.5 Å². The Hall–Kier alpha value is -2.41. The molecule has 0 heterocycles. The number of ketones is 1. The molecule has 0 aromatic heterocycles. The minimum Gasteiger partial charge on any atom is -0.468 e. The van der Waals surface area contributed by atoms with E-state index in [1.165, 1.54) is 7.11 Å². The molecule has 7 heteroatoms. The molecule has 0 spiro atoms. The van der Waals surface area contributed by atoms with Crippen LogP contribution in [0.4, 0.5) is 4.79 Å². The van der Waals surface area contributed by atoms with E-state index in [0.29, 0.717) is 24.4 Å². The molecule has 0 bridgehead atoms. The maximum atomic E-state index is 12.8. The lowest BCUT2D eigenvalue weighted by Crippen LogP contribution is -2.36. The van der Waals surface area contributed by atoms with E-state index in [1.54, 1.807) is 12.1 Å². The number of amides is 1. The van der Waals surface area contributed by atoms with Gasteiger partial charge in [-0.15, -0.1) is 0 Å². The summed E-state index contributed by atoms with van der Waals surface area (Å²) in [5.74, 6) is 0.0696. The molecule has 1 aliphatic carbocycles. The molecule has 1 amide bonds. The molecule has 1 unspecified atom stereocenters. The molecule has 1 fully saturated rings. The van der Waals surface area contributed by atoms with Crippen molar-refractivity contribution in [2.24, 2.45) is 17.6 Å². The van der Waals surface area contributed by atoms with E-state index < -0.39 is 23.7 Å². The average Bonchev–Trinajstić information content (AvgIpc) is 2.70.